The molecular formula is C15H29N3O2. The van der Waals surface area contributed by atoms with Crippen LogP contribution >= 0.6 is 0 Å². The Balaban J connectivity index is 2.85. The summed E-state index contributed by atoms with van der Waals surface area (Å²) in [5, 5.41) is 14.9. The summed E-state index contributed by atoms with van der Waals surface area (Å²) in [7, 11) is 0. The van der Waals surface area contributed by atoms with Gasteiger partial charge in [-0.25, -0.2) is 0 Å². The molecule has 1 amide bonds. The lowest BCUT2D eigenvalue weighted by molar-refractivity contribution is -0.132. The van der Waals surface area contributed by atoms with Gasteiger partial charge in [0, 0.05) is 5.41 Å². The van der Waals surface area contributed by atoms with E-state index < -0.39 is 6.04 Å². The molecule has 1 aliphatic carbocycles. The number of carbonyl (C=O) groups excluding carboxylic acids is 1. The van der Waals surface area contributed by atoms with Gasteiger partial charge >= 0.3 is 0 Å². The molecule has 0 aliphatic heterocycles. The molecule has 0 aromatic carbocycles. The number of rotatable bonds is 6. The van der Waals surface area contributed by atoms with Gasteiger partial charge in [0.2, 0.25) is 5.91 Å². The van der Waals surface area contributed by atoms with E-state index in [0.717, 1.165) is 32.1 Å². The first-order valence-corrected chi connectivity index (χ1v) is 7.61. The molecule has 1 saturated carbocycles. The number of carbonyl (C=O) groups is 1. The lowest BCUT2D eigenvalue weighted by Gasteiger charge is -2.32. The third-order valence-corrected chi connectivity index (χ3v) is 4.23. The van der Waals surface area contributed by atoms with Gasteiger partial charge < -0.3 is 16.3 Å². The molecule has 0 bridgehead atoms. The zero-order valence-corrected chi connectivity index (χ0v) is 13.1. The summed E-state index contributed by atoms with van der Waals surface area (Å²) in [5.41, 5.74) is 5.43. The zero-order chi connectivity index (χ0) is 15.3. The van der Waals surface area contributed by atoms with Gasteiger partial charge in [0.15, 0.2) is 5.84 Å². The van der Waals surface area contributed by atoms with Gasteiger partial charge in [-0.1, -0.05) is 45.7 Å². The van der Waals surface area contributed by atoms with Gasteiger partial charge in [-0.15, -0.1) is 0 Å². The van der Waals surface area contributed by atoms with Crippen LogP contribution in [0, 0.1) is 17.3 Å². The van der Waals surface area contributed by atoms with Crippen LogP contribution in [-0.4, -0.2) is 23.0 Å². The van der Waals surface area contributed by atoms with Gasteiger partial charge in [0.1, 0.15) is 0 Å². The predicted molar refractivity (Wildman–Crippen MR) is 80.5 cm³/mol. The highest BCUT2D eigenvalue weighted by Crippen LogP contribution is 2.43. The predicted octanol–water partition coefficient (Wildman–Crippen LogP) is 2.48. The molecule has 0 saturated heterocycles. The topological polar surface area (TPSA) is 87.7 Å². The minimum atomic E-state index is -0.405. The van der Waals surface area contributed by atoms with E-state index in [1.54, 1.807) is 0 Å². The Morgan fingerprint density at radius 3 is 2.25 bits per heavy atom. The standard InChI is InChI=1S/C15H29N3O2/c1-10(2)9-15(7-5-6-8-15)14(19)17-12(11(3)4)13(16)18-20/h10-12,20H,5-9H2,1-4H3,(H2,16,18)(H,17,19). The molecule has 0 aromatic heterocycles. The van der Waals surface area contributed by atoms with Gasteiger partial charge in [0.05, 0.1) is 6.04 Å². The lowest BCUT2D eigenvalue weighted by atomic mass is 9.77. The minimum absolute atomic E-state index is 0.0639. The molecule has 1 unspecified atom stereocenters. The van der Waals surface area contributed by atoms with Crippen molar-refractivity contribution in [3.05, 3.63) is 0 Å². The molecule has 0 radical (unpaired) electrons. The van der Waals surface area contributed by atoms with Crippen molar-refractivity contribution in [2.75, 3.05) is 0 Å². The Morgan fingerprint density at radius 1 is 1.30 bits per heavy atom. The summed E-state index contributed by atoms with van der Waals surface area (Å²) < 4.78 is 0. The number of amidine groups is 1. The van der Waals surface area contributed by atoms with Crippen LogP contribution in [0.3, 0.4) is 0 Å². The third kappa shape index (κ3) is 3.87. The maximum atomic E-state index is 12.7. The molecule has 4 N–H and O–H groups in total. The van der Waals surface area contributed by atoms with Crippen LogP contribution in [0.5, 0.6) is 0 Å². The molecule has 5 heteroatoms. The smallest absolute Gasteiger partial charge is 0.226 e. The van der Waals surface area contributed by atoms with E-state index in [1.807, 2.05) is 13.8 Å². The van der Waals surface area contributed by atoms with Crippen molar-refractivity contribution in [3.63, 3.8) is 0 Å². The summed E-state index contributed by atoms with van der Waals surface area (Å²) in [6.45, 7) is 8.20. The Labute approximate surface area is 122 Å². The summed E-state index contributed by atoms with van der Waals surface area (Å²) >= 11 is 0. The maximum absolute atomic E-state index is 12.7. The van der Waals surface area contributed by atoms with Crippen molar-refractivity contribution in [1.82, 2.24) is 5.32 Å². The first-order valence-electron chi connectivity index (χ1n) is 7.61. The first kappa shape index (κ1) is 16.8. The number of nitrogens with one attached hydrogen (secondary N) is 1. The second-order valence-corrected chi connectivity index (χ2v) is 6.81. The molecule has 5 nitrogen and oxygen atoms in total. The Kier molecular flexibility index (Phi) is 5.84. The Bertz CT molecular complexity index is 358. The number of nitrogens with zero attached hydrogens (tertiary/aromatic N) is 1. The van der Waals surface area contributed by atoms with Gasteiger partial charge in [-0.3, -0.25) is 4.79 Å². The zero-order valence-electron chi connectivity index (χ0n) is 13.1. The van der Waals surface area contributed by atoms with Crippen molar-refractivity contribution in [3.8, 4) is 0 Å². The molecule has 20 heavy (non-hydrogen) atoms. The lowest BCUT2D eigenvalue weighted by Crippen LogP contribution is -2.52. The van der Waals surface area contributed by atoms with Crippen molar-refractivity contribution in [2.45, 2.75) is 65.8 Å². The first-order chi connectivity index (χ1) is 9.32. The average molecular weight is 283 g/mol. The van der Waals surface area contributed by atoms with Crippen LogP contribution in [0.4, 0.5) is 0 Å². The molecule has 0 aromatic rings. The van der Waals surface area contributed by atoms with E-state index in [1.165, 1.54) is 0 Å². The van der Waals surface area contributed by atoms with E-state index in [4.69, 9.17) is 10.9 Å². The average Bonchev–Trinajstić information content (AvgIpc) is 2.83. The van der Waals surface area contributed by atoms with Crippen LogP contribution in [-0.2, 0) is 4.79 Å². The summed E-state index contributed by atoms with van der Waals surface area (Å²) in [6, 6.07) is -0.405. The number of amides is 1. The molecule has 116 valence electrons. The van der Waals surface area contributed by atoms with Crippen LogP contribution in [0.25, 0.3) is 0 Å². The van der Waals surface area contributed by atoms with Gasteiger partial charge in [-0.2, -0.15) is 0 Å². The molecule has 1 atom stereocenters. The summed E-state index contributed by atoms with van der Waals surface area (Å²) in [6.07, 6.45) is 5.00. The van der Waals surface area contributed by atoms with Gasteiger partial charge in [0.25, 0.3) is 0 Å². The molecule has 0 heterocycles. The molecule has 0 spiro atoms. The fraction of sp³-hybridized carbons (Fsp3) is 0.867. The molecule has 1 aliphatic rings. The summed E-state index contributed by atoms with van der Waals surface area (Å²) in [4.78, 5) is 12.7. The van der Waals surface area contributed by atoms with Crippen molar-refractivity contribution >= 4 is 11.7 Å². The van der Waals surface area contributed by atoms with E-state index in [-0.39, 0.29) is 23.1 Å². The molecule has 1 fully saturated rings. The van der Waals surface area contributed by atoms with Crippen LogP contribution in [0.2, 0.25) is 0 Å². The van der Waals surface area contributed by atoms with Crippen LogP contribution < -0.4 is 11.1 Å². The minimum Gasteiger partial charge on any atom is -0.409 e. The maximum Gasteiger partial charge on any atom is 0.226 e. The second-order valence-electron chi connectivity index (χ2n) is 6.81. The quantitative estimate of drug-likeness (QED) is 0.303. The Morgan fingerprint density at radius 2 is 1.85 bits per heavy atom. The highest BCUT2D eigenvalue weighted by atomic mass is 16.4. The fourth-order valence-corrected chi connectivity index (χ4v) is 3.30. The SMILES string of the molecule is CC(C)CC1(C(=O)NC(C(N)=NO)C(C)C)CCCC1. The van der Waals surface area contributed by atoms with Gasteiger partial charge in [-0.05, 0) is 31.1 Å². The largest absolute Gasteiger partial charge is 0.409 e. The van der Waals surface area contributed by atoms with E-state index in [0.29, 0.717) is 5.92 Å². The summed E-state index contributed by atoms with van der Waals surface area (Å²) in [5.74, 6) is 0.715. The van der Waals surface area contributed by atoms with E-state index >= 15 is 0 Å². The monoisotopic (exact) mass is 283 g/mol. The normalized spacial score (nSPS) is 20.4. The highest BCUT2D eigenvalue weighted by molar-refractivity contribution is 5.92. The van der Waals surface area contributed by atoms with Crippen molar-refractivity contribution in [2.24, 2.45) is 28.1 Å². The van der Waals surface area contributed by atoms with Crippen molar-refractivity contribution in [1.29, 1.82) is 0 Å². The fourth-order valence-electron chi connectivity index (χ4n) is 3.30. The van der Waals surface area contributed by atoms with Crippen LogP contribution in [0.1, 0.15) is 59.8 Å². The number of oxime groups is 1. The van der Waals surface area contributed by atoms with E-state index in [2.05, 4.69) is 24.3 Å². The Hall–Kier alpha value is -1.26. The third-order valence-electron chi connectivity index (χ3n) is 4.23. The number of hydrogen-bond acceptors (Lipinski definition) is 3. The van der Waals surface area contributed by atoms with Crippen molar-refractivity contribution < 1.29 is 10.0 Å². The van der Waals surface area contributed by atoms with E-state index in [9.17, 15) is 4.79 Å². The van der Waals surface area contributed by atoms with Crippen LogP contribution in [0.15, 0.2) is 5.16 Å². The molecular weight excluding hydrogens is 254 g/mol. The number of hydrogen-bond donors (Lipinski definition) is 3. The highest BCUT2D eigenvalue weighted by Gasteiger charge is 2.42. The second kappa shape index (κ2) is 6.95. The molecule has 1 rings (SSSR count). The number of nitrogens with two attached hydrogens (primary N) is 1.